The third kappa shape index (κ3) is 2.71. The lowest BCUT2D eigenvalue weighted by Gasteiger charge is -2.48. The summed E-state index contributed by atoms with van der Waals surface area (Å²) in [6.07, 6.45) is 9.92. The molecule has 2 nitrogen and oxygen atoms in total. The Kier molecular flexibility index (Phi) is 4.04. The minimum Gasteiger partial charge on any atom is -0.361 e. The number of fused-ring (bicyclic) bond motifs is 4. The van der Waals surface area contributed by atoms with Crippen LogP contribution in [0.1, 0.15) is 55.7 Å². The summed E-state index contributed by atoms with van der Waals surface area (Å²) in [5.74, 6) is 0. The lowest BCUT2D eigenvalue weighted by molar-refractivity contribution is 0.0211. The molecule has 0 radical (unpaired) electrons. The molecule has 128 valence electrons. The van der Waals surface area contributed by atoms with Gasteiger partial charge in [-0.1, -0.05) is 19.6 Å². The van der Waals surface area contributed by atoms with Crippen LogP contribution >= 0.6 is 0 Å². The topological polar surface area (TPSA) is 19.0 Å². The number of aromatic nitrogens is 1. The van der Waals surface area contributed by atoms with E-state index < -0.39 is 0 Å². The fourth-order valence-corrected chi connectivity index (χ4v) is 4.86. The lowest BCUT2D eigenvalue weighted by atomic mass is 9.68. The van der Waals surface area contributed by atoms with Crippen molar-refractivity contribution in [3.05, 3.63) is 41.6 Å². The van der Waals surface area contributed by atoms with Crippen LogP contribution in [0.3, 0.4) is 0 Å². The van der Waals surface area contributed by atoms with Gasteiger partial charge in [-0.05, 0) is 93.3 Å². The standard InChI is InChI=1S/C22H30N2/c1-4-18-13-17(3)21-19(15-23-20(21)14-18)16(2)5-6-22-7-10-24(11-8-22)12-9-22/h13-15,23H,2,4-12H2,1,3H3. The van der Waals surface area contributed by atoms with Crippen LogP contribution in [0, 0.1) is 12.3 Å². The third-order valence-corrected chi connectivity index (χ3v) is 6.66. The molecule has 24 heavy (non-hydrogen) atoms. The molecule has 2 aromatic rings. The van der Waals surface area contributed by atoms with Gasteiger partial charge in [0.05, 0.1) is 0 Å². The summed E-state index contributed by atoms with van der Waals surface area (Å²) in [6, 6.07) is 4.64. The van der Waals surface area contributed by atoms with E-state index in [1.807, 2.05) is 0 Å². The number of nitrogens with one attached hydrogen (secondary N) is 1. The average Bonchev–Trinajstić information content (AvgIpc) is 3.06. The monoisotopic (exact) mass is 322 g/mol. The number of piperidine rings is 3. The van der Waals surface area contributed by atoms with Gasteiger partial charge in [0.1, 0.15) is 0 Å². The fraction of sp³-hybridized carbons (Fsp3) is 0.545. The zero-order valence-corrected chi connectivity index (χ0v) is 15.3. The van der Waals surface area contributed by atoms with Gasteiger partial charge in [-0.15, -0.1) is 0 Å². The smallest absolute Gasteiger partial charge is 0.0465 e. The Morgan fingerprint density at radius 2 is 1.92 bits per heavy atom. The first-order valence-corrected chi connectivity index (χ1v) is 9.61. The molecule has 3 aliphatic rings. The van der Waals surface area contributed by atoms with Crippen molar-refractivity contribution >= 4 is 16.5 Å². The van der Waals surface area contributed by atoms with E-state index in [0.717, 1.165) is 12.8 Å². The highest BCUT2D eigenvalue weighted by Gasteiger charge is 2.38. The van der Waals surface area contributed by atoms with Crippen LogP contribution in [0.15, 0.2) is 24.9 Å². The molecule has 3 fully saturated rings. The lowest BCUT2D eigenvalue weighted by Crippen LogP contribution is -2.48. The van der Waals surface area contributed by atoms with Gasteiger partial charge in [0, 0.05) is 22.7 Å². The Hall–Kier alpha value is -1.54. The molecule has 0 atom stereocenters. The average molecular weight is 322 g/mol. The largest absolute Gasteiger partial charge is 0.361 e. The summed E-state index contributed by atoms with van der Waals surface area (Å²) < 4.78 is 0. The van der Waals surface area contributed by atoms with Gasteiger partial charge >= 0.3 is 0 Å². The molecule has 1 N–H and O–H groups in total. The Morgan fingerprint density at radius 1 is 1.21 bits per heavy atom. The van der Waals surface area contributed by atoms with Crippen molar-refractivity contribution in [1.29, 1.82) is 0 Å². The molecular weight excluding hydrogens is 292 g/mol. The van der Waals surface area contributed by atoms with E-state index in [2.05, 4.69) is 48.6 Å². The highest BCUT2D eigenvalue weighted by molar-refractivity contribution is 5.95. The van der Waals surface area contributed by atoms with E-state index in [9.17, 15) is 0 Å². The third-order valence-electron chi connectivity index (χ3n) is 6.66. The number of aromatic amines is 1. The first-order chi connectivity index (χ1) is 11.6. The second kappa shape index (κ2) is 6.07. The maximum atomic E-state index is 4.46. The van der Waals surface area contributed by atoms with Gasteiger partial charge < -0.3 is 9.88 Å². The highest BCUT2D eigenvalue weighted by Crippen LogP contribution is 2.45. The van der Waals surface area contributed by atoms with Crippen molar-refractivity contribution in [3.63, 3.8) is 0 Å². The first-order valence-electron chi connectivity index (χ1n) is 9.61. The van der Waals surface area contributed by atoms with E-state index in [-0.39, 0.29) is 0 Å². The Balaban J connectivity index is 1.53. The Labute approximate surface area is 145 Å². The van der Waals surface area contributed by atoms with Crippen molar-refractivity contribution in [3.8, 4) is 0 Å². The minimum atomic E-state index is 0.605. The number of aryl methyl sites for hydroxylation is 2. The van der Waals surface area contributed by atoms with E-state index in [1.54, 1.807) is 0 Å². The number of hydrogen-bond donors (Lipinski definition) is 1. The van der Waals surface area contributed by atoms with Crippen molar-refractivity contribution < 1.29 is 0 Å². The summed E-state index contributed by atoms with van der Waals surface area (Å²) in [5, 5.41) is 1.38. The van der Waals surface area contributed by atoms with E-state index in [4.69, 9.17) is 0 Å². The van der Waals surface area contributed by atoms with Crippen LogP contribution in [-0.4, -0.2) is 29.5 Å². The molecular formula is C22H30N2. The predicted molar refractivity (Wildman–Crippen MR) is 103 cm³/mol. The normalized spacial score (nSPS) is 26.2. The second-order valence-corrected chi connectivity index (χ2v) is 8.09. The van der Waals surface area contributed by atoms with E-state index in [1.165, 1.54) is 78.5 Å². The van der Waals surface area contributed by atoms with E-state index >= 15 is 0 Å². The number of rotatable bonds is 5. The minimum absolute atomic E-state index is 0.605. The SMILES string of the molecule is C=C(CCC12CCN(CC1)CC2)c1c[nH]c2cc(CC)cc(C)c12. The number of hydrogen-bond acceptors (Lipinski definition) is 1. The molecule has 2 heteroatoms. The van der Waals surface area contributed by atoms with Gasteiger partial charge in [0.25, 0.3) is 0 Å². The molecule has 3 saturated heterocycles. The van der Waals surface area contributed by atoms with Crippen LogP contribution in [0.4, 0.5) is 0 Å². The summed E-state index contributed by atoms with van der Waals surface area (Å²) in [6.45, 7) is 12.9. The van der Waals surface area contributed by atoms with Crippen molar-refractivity contribution in [2.45, 2.75) is 52.4 Å². The van der Waals surface area contributed by atoms with Crippen LogP contribution in [0.2, 0.25) is 0 Å². The Bertz CT molecular complexity index is 746. The second-order valence-electron chi connectivity index (χ2n) is 8.09. The number of benzene rings is 1. The molecule has 1 aromatic carbocycles. The summed E-state index contributed by atoms with van der Waals surface area (Å²) in [7, 11) is 0. The zero-order chi connectivity index (χ0) is 16.7. The first kappa shape index (κ1) is 16.0. The molecule has 0 spiro atoms. The molecule has 2 bridgehead atoms. The van der Waals surface area contributed by atoms with Gasteiger partial charge in [-0.2, -0.15) is 0 Å². The fourth-order valence-electron chi connectivity index (χ4n) is 4.86. The van der Waals surface area contributed by atoms with Crippen LogP contribution < -0.4 is 0 Å². The summed E-state index contributed by atoms with van der Waals surface area (Å²) in [5.41, 5.74) is 7.32. The molecule has 1 aromatic heterocycles. The summed E-state index contributed by atoms with van der Waals surface area (Å²) >= 11 is 0. The maximum Gasteiger partial charge on any atom is 0.0465 e. The molecule has 0 aliphatic carbocycles. The number of H-pyrrole nitrogens is 1. The highest BCUT2D eigenvalue weighted by atomic mass is 15.1. The van der Waals surface area contributed by atoms with Gasteiger partial charge in [0.2, 0.25) is 0 Å². The molecule has 0 amide bonds. The van der Waals surface area contributed by atoms with Crippen LogP contribution in [-0.2, 0) is 6.42 Å². The van der Waals surface area contributed by atoms with Crippen LogP contribution in [0.5, 0.6) is 0 Å². The van der Waals surface area contributed by atoms with Crippen molar-refractivity contribution in [2.75, 3.05) is 19.6 Å². The summed E-state index contributed by atoms with van der Waals surface area (Å²) in [4.78, 5) is 6.12. The number of nitrogens with zero attached hydrogens (tertiary/aromatic N) is 1. The van der Waals surface area contributed by atoms with Gasteiger partial charge in [-0.25, -0.2) is 0 Å². The number of allylic oxidation sites excluding steroid dienone is 1. The zero-order valence-electron chi connectivity index (χ0n) is 15.3. The predicted octanol–water partition coefficient (Wildman–Crippen LogP) is 5.32. The molecule has 4 heterocycles. The van der Waals surface area contributed by atoms with Gasteiger partial charge in [0.15, 0.2) is 0 Å². The molecule has 5 rings (SSSR count). The van der Waals surface area contributed by atoms with Crippen molar-refractivity contribution in [1.82, 2.24) is 9.88 Å². The van der Waals surface area contributed by atoms with Crippen LogP contribution in [0.25, 0.3) is 16.5 Å². The molecule has 0 saturated carbocycles. The molecule has 3 aliphatic heterocycles. The maximum absolute atomic E-state index is 4.46. The molecule has 0 unspecified atom stereocenters. The van der Waals surface area contributed by atoms with E-state index in [0.29, 0.717) is 5.41 Å². The van der Waals surface area contributed by atoms with Gasteiger partial charge in [-0.3, -0.25) is 0 Å². The Morgan fingerprint density at radius 3 is 2.58 bits per heavy atom. The quantitative estimate of drug-likeness (QED) is 0.789. The van der Waals surface area contributed by atoms with Crippen molar-refractivity contribution in [2.24, 2.45) is 5.41 Å².